The van der Waals surface area contributed by atoms with E-state index in [1.165, 1.54) is 0 Å². The molecule has 4 aromatic rings. The minimum atomic E-state index is -0.531. The molecule has 0 bridgehead atoms. The third-order valence-electron chi connectivity index (χ3n) is 4.48. The molecular weight excluding hydrogens is 376 g/mol. The van der Waals surface area contributed by atoms with Crippen LogP contribution in [0.2, 0.25) is 0 Å². The van der Waals surface area contributed by atoms with Crippen molar-refractivity contribution in [3.63, 3.8) is 0 Å². The molecule has 0 saturated heterocycles. The van der Waals surface area contributed by atoms with Gasteiger partial charge in [-0.3, -0.25) is 0 Å². The second-order valence-corrected chi connectivity index (χ2v) is 6.51. The Hall–Kier alpha value is -4.18. The molecule has 0 N–H and O–H groups in total. The Bertz CT molecular complexity index is 1150. The van der Waals surface area contributed by atoms with Gasteiger partial charge in [0.15, 0.2) is 11.5 Å². The average Bonchev–Trinajstić information content (AvgIpc) is 2.81. The van der Waals surface area contributed by atoms with Crippen molar-refractivity contribution in [1.29, 1.82) is 0 Å². The van der Waals surface area contributed by atoms with Crippen molar-refractivity contribution in [2.45, 2.75) is 0 Å². The minimum Gasteiger partial charge on any atom is -0.419 e. The van der Waals surface area contributed by atoms with Crippen LogP contribution in [-0.4, -0.2) is 11.9 Å². The van der Waals surface area contributed by atoms with Crippen molar-refractivity contribution < 1.29 is 19.1 Å². The number of benzene rings is 4. The maximum Gasteiger partial charge on any atom is 0.343 e. The van der Waals surface area contributed by atoms with Crippen molar-refractivity contribution in [2.24, 2.45) is 0 Å². The summed E-state index contributed by atoms with van der Waals surface area (Å²) in [5.41, 5.74) is 2.30. The quantitative estimate of drug-likeness (QED) is 0.317. The van der Waals surface area contributed by atoms with Gasteiger partial charge in [0.05, 0.1) is 11.1 Å². The zero-order valence-corrected chi connectivity index (χ0v) is 16.0. The largest absolute Gasteiger partial charge is 0.419 e. The van der Waals surface area contributed by atoms with Gasteiger partial charge in [-0.25, -0.2) is 9.59 Å². The summed E-state index contributed by atoms with van der Waals surface area (Å²) in [5.74, 6) is -0.690. The lowest BCUT2D eigenvalue weighted by Gasteiger charge is -2.15. The topological polar surface area (TPSA) is 52.6 Å². The van der Waals surface area contributed by atoms with E-state index in [4.69, 9.17) is 9.47 Å². The first-order chi connectivity index (χ1) is 14.7. The molecule has 0 aliphatic carbocycles. The van der Waals surface area contributed by atoms with Gasteiger partial charge in [0, 0.05) is 5.56 Å². The highest BCUT2D eigenvalue weighted by atomic mass is 16.6. The van der Waals surface area contributed by atoms with E-state index < -0.39 is 11.9 Å². The Balaban J connectivity index is 1.74. The van der Waals surface area contributed by atoms with Gasteiger partial charge in [0.1, 0.15) is 0 Å². The highest BCUT2D eigenvalue weighted by Gasteiger charge is 2.20. The van der Waals surface area contributed by atoms with Crippen LogP contribution < -0.4 is 9.47 Å². The standard InChI is InChI=1S/C26H18O4/c27-25(20-13-6-2-7-14-20)29-23-18-10-17-22(19-11-4-1-5-12-19)24(23)30-26(28)21-15-8-3-9-16-21/h1-18H. The first kappa shape index (κ1) is 19.2. The molecule has 0 fully saturated rings. The molecule has 30 heavy (non-hydrogen) atoms. The monoisotopic (exact) mass is 394 g/mol. The molecule has 0 saturated carbocycles. The normalized spacial score (nSPS) is 10.3. The number of carbonyl (C=O) groups is 2. The molecule has 0 spiro atoms. The summed E-state index contributed by atoms with van der Waals surface area (Å²) in [5, 5.41) is 0. The van der Waals surface area contributed by atoms with Crippen LogP contribution >= 0.6 is 0 Å². The highest BCUT2D eigenvalue weighted by molar-refractivity contribution is 5.94. The Kier molecular flexibility index (Phi) is 5.67. The zero-order valence-electron chi connectivity index (χ0n) is 16.0. The van der Waals surface area contributed by atoms with Crippen molar-refractivity contribution in [1.82, 2.24) is 0 Å². The van der Waals surface area contributed by atoms with E-state index in [-0.39, 0.29) is 11.5 Å². The molecule has 0 aliphatic heterocycles. The summed E-state index contributed by atoms with van der Waals surface area (Å²) >= 11 is 0. The van der Waals surface area contributed by atoms with E-state index in [9.17, 15) is 9.59 Å². The Labute approximate surface area is 174 Å². The summed E-state index contributed by atoms with van der Waals surface area (Å²) in [6.45, 7) is 0. The lowest BCUT2D eigenvalue weighted by atomic mass is 10.0. The SMILES string of the molecule is O=C(Oc1cccc(-c2ccccc2)c1OC(=O)c1ccccc1)c1ccccc1. The van der Waals surface area contributed by atoms with Crippen LogP contribution in [0.1, 0.15) is 20.7 Å². The number of carbonyl (C=O) groups excluding carboxylic acids is 2. The Morgan fingerprint density at radius 1 is 0.500 bits per heavy atom. The number of hydrogen-bond donors (Lipinski definition) is 0. The van der Waals surface area contributed by atoms with E-state index in [0.29, 0.717) is 16.7 Å². The predicted octanol–water partition coefficient (Wildman–Crippen LogP) is 5.79. The Morgan fingerprint density at radius 3 is 1.57 bits per heavy atom. The number of hydrogen-bond acceptors (Lipinski definition) is 4. The van der Waals surface area contributed by atoms with Crippen molar-refractivity contribution in [2.75, 3.05) is 0 Å². The third kappa shape index (κ3) is 4.28. The van der Waals surface area contributed by atoms with E-state index in [0.717, 1.165) is 5.56 Å². The summed E-state index contributed by atoms with van der Waals surface area (Å²) in [7, 11) is 0. The number of ether oxygens (including phenoxy) is 2. The molecule has 0 aliphatic rings. The van der Waals surface area contributed by atoms with Crippen LogP contribution in [-0.2, 0) is 0 Å². The fourth-order valence-electron chi connectivity index (χ4n) is 3.01. The first-order valence-electron chi connectivity index (χ1n) is 9.45. The first-order valence-corrected chi connectivity index (χ1v) is 9.45. The molecule has 4 nitrogen and oxygen atoms in total. The van der Waals surface area contributed by atoms with Gasteiger partial charge in [-0.15, -0.1) is 0 Å². The van der Waals surface area contributed by atoms with Gasteiger partial charge >= 0.3 is 11.9 Å². The lowest BCUT2D eigenvalue weighted by molar-refractivity contribution is 0.0683. The van der Waals surface area contributed by atoms with Gasteiger partial charge in [0.2, 0.25) is 0 Å². The van der Waals surface area contributed by atoms with Crippen LogP contribution in [0.4, 0.5) is 0 Å². The van der Waals surface area contributed by atoms with E-state index >= 15 is 0 Å². The van der Waals surface area contributed by atoms with Crippen LogP contribution in [0.25, 0.3) is 11.1 Å². The molecule has 146 valence electrons. The molecule has 0 unspecified atom stereocenters. The highest BCUT2D eigenvalue weighted by Crippen LogP contribution is 2.39. The lowest BCUT2D eigenvalue weighted by Crippen LogP contribution is -2.13. The van der Waals surface area contributed by atoms with Crippen LogP contribution in [0.5, 0.6) is 11.5 Å². The van der Waals surface area contributed by atoms with Gasteiger partial charge in [-0.05, 0) is 35.9 Å². The number of esters is 2. The summed E-state index contributed by atoms with van der Waals surface area (Å²) in [4.78, 5) is 25.4. The van der Waals surface area contributed by atoms with Crippen molar-refractivity contribution >= 4 is 11.9 Å². The van der Waals surface area contributed by atoms with Gasteiger partial charge in [-0.2, -0.15) is 0 Å². The van der Waals surface area contributed by atoms with Gasteiger partial charge in [0.25, 0.3) is 0 Å². The molecule has 0 heterocycles. The van der Waals surface area contributed by atoms with Crippen LogP contribution in [0.3, 0.4) is 0 Å². The smallest absolute Gasteiger partial charge is 0.343 e. The predicted molar refractivity (Wildman–Crippen MR) is 115 cm³/mol. The molecule has 4 aromatic carbocycles. The molecule has 0 amide bonds. The summed E-state index contributed by atoms with van der Waals surface area (Å²) in [6.07, 6.45) is 0. The van der Waals surface area contributed by atoms with Gasteiger partial charge in [-0.1, -0.05) is 78.9 Å². The van der Waals surface area contributed by atoms with E-state index in [1.807, 2.05) is 48.5 Å². The number of rotatable bonds is 5. The average molecular weight is 394 g/mol. The summed E-state index contributed by atoms with van der Waals surface area (Å²) in [6, 6.07) is 32.0. The van der Waals surface area contributed by atoms with Crippen molar-refractivity contribution in [3.8, 4) is 22.6 Å². The molecule has 4 rings (SSSR count). The molecule has 0 aromatic heterocycles. The van der Waals surface area contributed by atoms with Crippen molar-refractivity contribution in [3.05, 3.63) is 120 Å². The fraction of sp³-hybridized carbons (Fsp3) is 0. The second-order valence-electron chi connectivity index (χ2n) is 6.51. The molecule has 4 heteroatoms. The van der Waals surface area contributed by atoms with Crippen LogP contribution in [0, 0.1) is 0 Å². The zero-order chi connectivity index (χ0) is 20.8. The van der Waals surface area contributed by atoms with E-state index in [1.54, 1.807) is 60.7 Å². The van der Waals surface area contributed by atoms with Gasteiger partial charge < -0.3 is 9.47 Å². The maximum atomic E-state index is 12.7. The number of para-hydroxylation sites is 1. The Morgan fingerprint density at radius 2 is 1.00 bits per heavy atom. The van der Waals surface area contributed by atoms with Crippen LogP contribution in [0.15, 0.2) is 109 Å². The molecular formula is C26H18O4. The molecule has 0 radical (unpaired) electrons. The third-order valence-corrected chi connectivity index (χ3v) is 4.48. The second kappa shape index (κ2) is 8.88. The fourth-order valence-corrected chi connectivity index (χ4v) is 3.01. The maximum absolute atomic E-state index is 12.7. The minimum absolute atomic E-state index is 0.175. The van der Waals surface area contributed by atoms with E-state index in [2.05, 4.69) is 0 Å². The summed E-state index contributed by atoms with van der Waals surface area (Å²) < 4.78 is 11.4. The molecule has 0 atom stereocenters.